The summed E-state index contributed by atoms with van der Waals surface area (Å²) in [6.45, 7) is 12.3. The normalized spacial score (nSPS) is 20.3. The van der Waals surface area contributed by atoms with Crippen LogP contribution in [0.2, 0.25) is 0 Å². The summed E-state index contributed by atoms with van der Waals surface area (Å²) >= 11 is 0. The first-order chi connectivity index (χ1) is 8.80. The Labute approximate surface area is 117 Å². The van der Waals surface area contributed by atoms with E-state index in [0.717, 1.165) is 45.7 Å². The minimum atomic E-state index is -0.434. The third-order valence-corrected chi connectivity index (χ3v) is 3.76. The first kappa shape index (κ1) is 16.4. The van der Waals surface area contributed by atoms with Gasteiger partial charge in [-0.3, -0.25) is 4.79 Å². The van der Waals surface area contributed by atoms with Gasteiger partial charge in [0.2, 0.25) is 5.91 Å². The van der Waals surface area contributed by atoms with Gasteiger partial charge in [-0.05, 0) is 25.4 Å². The molecule has 1 amide bonds. The van der Waals surface area contributed by atoms with Crippen LogP contribution in [-0.2, 0) is 4.79 Å². The van der Waals surface area contributed by atoms with E-state index in [1.54, 1.807) is 0 Å². The number of nitrogens with one attached hydrogen (secondary N) is 1. The van der Waals surface area contributed by atoms with Crippen molar-refractivity contribution in [2.45, 2.75) is 33.2 Å². The molecule has 0 aromatic carbocycles. The van der Waals surface area contributed by atoms with E-state index in [9.17, 15) is 4.79 Å². The van der Waals surface area contributed by atoms with E-state index in [4.69, 9.17) is 5.73 Å². The molecule has 1 fully saturated rings. The first-order valence-corrected chi connectivity index (χ1v) is 7.25. The van der Waals surface area contributed by atoms with Crippen LogP contribution < -0.4 is 11.1 Å². The predicted molar refractivity (Wildman–Crippen MR) is 79.0 cm³/mol. The van der Waals surface area contributed by atoms with Crippen molar-refractivity contribution in [2.75, 3.05) is 46.3 Å². The van der Waals surface area contributed by atoms with E-state index in [0.29, 0.717) is 0 Å². The lowest BCUT2D eigenvalue weighted by Crippen LogP contribution is -2.49. The predicted octanol–water partition coefficient (Wildman–Crippen LogP) is 0.114. The number of piperazine rings is 1. The lowest BCUT2D eigenvalue weighted by molar-refractivity contribution is -0.124. The summed E-state index contributed by atoms with van der Waals surface area (Å²) in [4.78, 5) is 16.6. The highest BCUT2D eigenvalue weighted by atomic mass is 16.2. The Morgan fingerprint density at radius 1 is 1.26 bits per heavy atom. The molecule has 0 radical (unpaired) electrons. The maximum atomic E-state index is 11.8. The maximum absolute atomic E-state index is 11.8. The van der Waals surface area contributed by atoms with Gasteiger partial charge in [0.05, 0.1) is 6.04 Å². The molecule has 1 atom stereocenters. The molecule has 0 unspecified atom stereocenters. The van der Waals surface area contributed by atoms with Gasteiger partial charge in [0.25, 0.3) is 0 Å². The minimum Gasteiger partial charge on any atom is -0.355 e. The van der Waals surface area contributed by atoms with Gasteiger partial charge in [-0.25, -0.2) is 0 Å². The largest absolute Gasteiger partial charge is 0.355 e. The molecule has 3 N–H and O–H groups in total. The van der Waals surface area contributed by atoms with Crippen molar-refractivity contribution < 1.29 is 4.79 Å². The summed E-state index contributed by atoms with van der Waals surface area (Å²) in [5.74, 6) is -0.0362. The molecule has 1 saturated heterocycles. The van der Waals surface area contributed by atoms with Crippen molar-refractivity contribution in [3.05, 3.63) is 0 Å². The van der Waals surface area contributed by atoms with Crippen molar-refractivity contribution in [1.82, 2.24) is 15.1 Å². The highest BCUT2D eigenvalue weighted by molar-refractivity contribution is 5.82. The molecule has 5 heteroatoms. The lowest BCUT2D eigenvalue weighted by Gasteiger charge is -2.32. The Hall–Kier alpha value is -0.650. The molecule has 19 heavy (non-hydrogen) atoms. The third kappa shape index (κ3) is 5.89. The van der Waals surface area contributed by atoms with Crippen molar-refractivity contribution in [3.63, 3.8) is 0 Å². The second-order valence-electron chi connectivity index (χ2n) is 6.63. The van der Waals surface area contributed by atoms with Gasteiger partial charge in [-0.1, -0.05) is 20.8 Å². The number of carbonyl (C=O) groups is 1. The van der Waals surface area contributed by atoms with Crippen LogP contribution in [0.3, 0.4) is 0 Å². The molecule has 0 aromatic rings. The van der Waals surface area contributed by atoms with Crippen LogP contribution in [0.1, 0.15) is 27.2 Å². The molecular formula is C14H30N4O. The van der Waals surface area contributed by atoms with Crippen LogP contribution >= 0.6 is 0 Å². The molecule has 0 spiro atoms. The van der Waals surface area contributed by atoms with Crippen LogP contribution in [0, 0.1) is 5.41 Å². The fourth-order valence-corrected chi connectivity index (χ4v) is 2.09. The SMILES string of the molecule is CN1CCN(CCCNC(=O)[C@H](N)C(C)(C)C)CC1. The quantitative estimate of drug-likeness (QED) is 0.696. The number of likely N-dealkylation sites (N-methyl/N-ethyl adjacent to an activating group) is 1. The van der Waals surface area contributed by atoms with Gasteiger partial charge in [-0.2, -0.15) is 0 Å². The van der Waals surface area contributed by atoms with Gasteiger partial charge in [0.1, 0.15) is 0 Å². The summed E-state index contributed by atoms with van der Waals surface area (Å²) in [7, 11) is 2.16. The Bertz CT molecular complexity index is 280. The molecule has 1 aliphatic rings. The minimum absolute atomic E-state index is 0.0362. The molecule has 0 aromatic heterocycles. The van der Waals surface area contributed by atoms with Gasteiger partial charge < -0.3 is 20.9 Å². The Morgan fingerprint density at radius 2 is 1.84 bits per heavy atom. The number of hydrogen-bond donors (Lipinski definition) is 2. The zero-order chi connectivity index (χ0) is 14.5. The lowest BCUT2D eigenvalue weighted by atomic mass is 9.87. The summed E-state index contributed by atoms with van der Waals surface area (Å²) in [5.41, 5.74) is 5.73. The summed E-state index contributed by atoms with van der Waals surface area (Å²) in [5, 5.41) is 2.94. The van der Waals surface area contributed by atoms with Gasteiger partial charge in [-0.15, -0.1) is 0 Å². The number of nitrogens with two attached hydrogens (primary N) is 1. The smallest absolute Gasteiger partial charge is 0.237 e. The van der Waals surface area contributed by atoms with Gasteiger partial charge in [0.15, 0.2) is 0 Å². The van der Waals surface area contributed by atoms with E-state index >= 15 is 0 Å². The molecule has 1 aliphatic heterocycles. The topological polar surface area (TPSA) is 61.6 Å². The van der Waals surface area contributed by atoms with Gasteiger partial charge >= 0.3 is 0 Å². The average Bonchev–Trinajstić information content (AvgIpc) is 2.34. The standard InChI is InChI=1S/C14H30N4O/c1-14(2,3)12(15)13(19)16-6-5-7-18-10-8-17(4)9-11-18/h12H,5-11,15H2,1-4H3,(H,16,19)/t12-/m0/s1. The Balaban J connectivity index is 2.12. The van der Waals surface area contributed by atoms with Crippen molar-refractivity contribution in [1.29, 1.82) is 0 Å². The fraction of sp³-hybridized carbons (Fsp3) is 0.929. The van der Waals surface area contributed by atoms with E-state index in [1.165, 1.54) is 0 Å². The molecule has 1 rings (SSSR count). The van der Waals surface area contributed by atoms with E-state index in [1.807, 2.05) is 20.8 Å². The second-order valence-corrected chi connectivity index (χ2v) is 6.63. The zero-order valence-electron chi connectivity index (χ0n) is 12.9. The van der Waals surface area contributed by atoms with Crippen LogP contribution in [0.25, 0.3) is 0 Å². The number of amides is 1. The number of rotatable bonds is 5. The monoisotopic (exact) mass is 270 g/mol. The maximum Gasteiger partial charge on any atom is 0.237 e. The van der Waals surface area contributed by atoms with Crippen LogP contribution in [0.4, 0.5) is 0 Å². The number of nitrogens with zero attached hydrogens (tertiary/aromatic N) is 2. The molecule has 0 bridgehead atoms. The van der Waals surface area contributed by atoms with Crippen LogP contribution in [0.15, 0.2) is 0 Å². The van der Waals surface area contributed by atoms with Crippen LogP contribution in [-0.4, -0.2) is 68.1 Å². The molecule has 112 valence electrons. The summed E-state index contributed by atoms with van der Waals surface area (Å²) < 4.78 is 0. The Kier molecular flexibility index (Phi) is 6.23. The zero-order valence-corrected chi connectivity index (χ0v) is 12.9. The number of hydrogen-bond acceptors (Lipinski definition) is 4. The summed E-state index contributed by atoms with van der Waals surface area (Å²) in [6, 6.07) is -0.434. The van der Waals surface area contributed by atoms with E-state index < -0.39 is 6.04 Å². The van der Waals surface area contributed by atoms with Crippen molar-refractivity contribution in [3.8, 4) is 0 Å². The van der Waals surface area contributed by atoms with Crippen LogP contribution in [0.5, 0.6) is 0 Å². The number of carbonyl (C=O) groups excluding carboxylic acids is 1. The highest BCUT2D eigenvalue weighted by Gasteiger charge is 2.26. The second kappa shape index (κ2) is 7.22. The van der Waals surface area contributed by atoms with Gasteiger partial charge in [0, 0.05) is 32.7 Å². The fourth-order valence-electron chi connectivity index (χ4n) is 2.09. The molecule has 1 heterocycles. The Morgan fingerprint density at radius 3 is 2.37 bits per heavy atom. The van der Waals surface area contributed by atoms with E-state index in [2.05, 4.69) is 22.2 Å². The highest BCUT2D eigenvalue weighted by Crippen LogP contribution is 2.17. The average molecular weight is 270 g/mol. The van der Waals surface area contributed by atoms with Crippen molar-refractivity contribution in [2.24, 2.45) is 11.1 Å². The molecular weight excluding hydrogens is 240 g/mol. The first-order valence-electron chi connectivity index (χ1n) is 7.25. The van der Waals surface area contributed by atoms with Crippen molar-refractivity contribution >= 4 is 5.91 Å². The third-order valence-electron chi connectivity index (χ3n) is 3.76. The molecule has 5 nitrogen and oxygen atoms in total. The summed E-state index contributed by atoms with van der Waals surface area (Å²) in [6.07, 6.45) is 0.992. The molecule has 0 aliphatic carbocycles. The van der Waals surface area contributed by atoms with E-state index in [-0.39, 0.29) is 11.3 Å². The molecule has 0 saturated carbocycles.